The summed E-state index contributed by atoms with van der Waals surface area (Å²) in [5.41, 5.74) is -3.95. The minimum atomic E-state index is -5.76. The SMILES string of the molecule is CC1=C(S(=O)(=O)O)C(=O)C(C(F)(F)F)=C(S(=O)(=O)O)C1=O. The van der Waals surface area contributed by atoms with Crippen molar-refractivity contribution in [3.05, 3.63) is 21.0 Å². The summed E-state index contributed by atoms with van der Waals surface area (Å²) >= 11 is 0. The van der Waals surface area contributed by atoms with Gasteiger partial charge in [-0.05, 0) is 6.92 Å². The zero-order chi connectivity index (χ0) is 17.0. The molecule has 0 saturated heterocycles. The van der Waals surface area contributed by atoms with Crippen molar-refractivity contribution in [3.8, 4) is 0 Å². The molecule has 0 amide bonds. The van der Waals surface area contributed by atoms with Crippen LogP contribution < -0.4 is 0 Å². The average molecular weight is 350 g/mol. The zero-order valence-corrected chi connectivity index (χ0v) is 11.4. The Labute approximate surface area is 115 Å². The minimum Gasteiger partial charge on any atom is -0.288 e. The quantitative estimate of drug-likeness (QED) is 0.523. The van der Waals surface area contributed by atoms with Crippen LogP contribution in [0.2, 0.25) is 0 Å². The van der Waals surface area contributed by atoms with Gasteiger partial charge in [0.1, 0.15) is 10.5 Å². The van der Waals surface area contributed by atoms with Crippen molar-refractivity contribution in [3.63, 3.8) is 0 Å². The van der Waals surface area contributed by atoms with Gasteiger partial charge in [0.2, 0.25) is 11.6 Å². The van der Waals surface area contributed by atoms with E-state index in [2.05, 4.69) is 0 Å². The molecule has 0 heterocycles. The first-order chi connectivity index (χ1) is 9.10. The predicted molar refractivity (Wildman–Crippen MR) is 58.9 cm³/mol. The summed E-state index contributed by atoms with van der Waals surface area (Å²) in [6.07, 6.45) is -5.76. The fraction of sp³-hybridized carbons (Fsp3) is 0.250. The van der Waals surface area contributed by atoms with Crippen molar-refractivity contribution in [2.45, 2.75) is 13.1 Å². The highest BCUT2D eigenvalue weighted by Crippen LogP contribution is 2.38. The number of alkyl halides is 3. The zero-order valence-electron chi connectivity index (χ0n) is 9.79. The number of carbonyl (C=O) groups is 2. The van der Waals surface area contributed by atoms with E-state index in [1.807, 2.05) is 0 Å². The molecule has 0 aromatic rings. The number of carbonyl (C=O) groups excluding carboxylic acids is 2. The van der Waals surface area contributed by atoms with E-state index in [0.29, 0.717) is 6.92 Å². The maximum Gasteiger partial charge on any atom is 0.421 e. The van der Waals surface area contributed by atoms with Gasteiger partial charge in [-0.1, -0.05) is 0 Å². The standard InChI is InChI=1S/C8H5F3O8S2/c1-2-4(12)7(21(17,18)19)3(8(9,10)11)5(13)6(2)20(14,15)16/h1H3,(H,14,15,16)(H,17,18,19). The summed E-state index contributed by atoms with van der Waals surface area (Å²) in [7, 11) is -11.3. The lowest BCUT2D eigenvalue weighted by molar-refractivity contribution is -0.128. The molecule has 13 heteroatoms. The van der Waals surface area contributed by atoms with Crippen LogP contribution in [-0.4, -0.2) is 43.7 Å². The molecule has 0 aliphatic heterocycles. The molecular formula is C8H5F3O8S2. The second-order valence-corrected chi connectivity index (χ2v) is 6.48. The number of allylic oxidation sites excluding steroid dienone is 4. The summed E-state index contributed by atoms with van der Waals surface area (Å²) in [5.74, 6) is -4.51. The van der Waals surface area contributed by atoms with Crippen molar-refractivity contribution in [1.82, 2.24) is 0 Å². The summed E-state index contributed by atoms with van der Waals surface area (Å²) in [6.45, 7) is 0.516. The molecule has 8 nitrogen and oxygen atoms in total. The Morgan fingerprint density at radius 1 is 0.857 bits per heavy atom. The van der Waals surface area contributed by atoms with Crippen LogP contribution in [0.25, 0.3) is 0 Å². The van der Waals surface area contributed by atoms with Gasteiger partial charge in [-0.25, -0.2) is 0 Å². The van der Waals surface area contributed by atoms with Gasteiger partial charge >= 0.3 is 6.18 Å². The molecule has 0 atom stereocenters. The highest BCUT2D eigenvalue weighted by Gasteiger charge is 2.52. The molecule has 0 saturated carbocycles. The molecule has 0 bridgehead atoms. The van der Waals surface area contributed by atoms with Gasteiger partial charge < -0.3 is 0 Å². The van der Waals surface area contributed by atoms with Crippen molar-refractivity contribution < 1.29 is 48.7 Å². The Morgan fingerprint density at radius 3 is 1.52 bits per heavy atom. The number of Topliss-reactive ketones (excluding diaryl/α,β-unsaturated/α-hetero) is 2. The van der Waals surface area contributed by atoms with Crippen LogP contribution in [0.4, 0.5) is 13.2 Å². The molecule has 0 aromatic heterocycles. The molecule has 0 aromatic carbocycles. The Kier molecular flexibility index (Phi) is 3.93. The highest BCUT2D eigenvalue weighted by atomic mass is 32.2. The summed E-state index contributed by atoms with van der Waals surface area (Å²) in [5, 5.41) is 0. The molecule has 0 radical (unpaired) electrons. The molecular weight excluding hydrogens is 345 g/mol. The van der Waals surface area contributed by atoms with Gasteiger partial charge in [0.05, 0.1) is 0 Å². The molecule has 1 rings (SSSR count). The van der Waals surface area contributed by atoms with Crippen LogP contribution in [-0.2, 0) is 29.8 Å². The van der Waals surface area contributed by atoms with Crippen molar-refractivity contribution in [1.29, 1.82) is 0 Å². The van der Waals surface area contributed by atoms with E-state index in [0.717, 1.165) is 0 Å². The number of halogens is 3. The van der Waals surface area contributed by atoms with Gasteiger partial charge in [-0.3, -0.25) is 18.7 Å². The van der Waals surface area contributed by atoms with E-state index < -0.39 is 58.9 Å². The number of hydrogen-bond acceptors (Lipinski definition) is 6. The largest absolute Gasteiger partial charge is 0.421 e. The first-order valence-corrected chi connectivity index (χ1v) is 7.55. The van der Waals surface area contributed by atoms with Crippen LogP contribution in [0, 0.1) is 0 Å². The molecule has 2 N–H and O–H groups in total. The van der Waals surface area contributed by atoms with Gasteiger partial charge in [-0.2, -0.15) is 30.0 Å². The van der Waals surface area contributed by atoms with E-state index in [1.54, 1.807) is 0 Å². The molecule has 0 spiro atoms. The van der Waals surface area contributed by atoms with Crippen LogP contribution >= 0.6 is 0 Å². The number of ketones is 2. The smallest absolute Gasteiger partial charge is 0.288 e. The third kappa shape index (κ3) is 3.04. The lowest BCUT2D eigenvalue weighted by Crippen LogP contribution is -2.36. The number of hydrogen-bond donors (Lipinski definition) is 2. The highest BCUT2D eigenvalue weighted by molar-refractivity contribution is 7.92. The van der Waals surface area contributed by atoms with Gasteiger partial charge in [0, 0.05) is 5.57 Å². The van der Waals surface area contributed by atoms with Gasteiger partial charge in [-0.15, -0.1) is 0 Å². The average Bonchev–Trinajstić information content (AvgIpc) is 2.17. The van der Waals surface area contributed by atoms with Gasteiger partial charge in [0.25, 0.3) is 20.2 Å². The van der Waals surface area contributed by atoms with E-state index in [4.69, 9.17) is 9.11 Å². The van der Waals surface area contributed by atoms with Crippen LogP contribution in [0.1, 0.15) is 6.92 Å². The first kappa shape index (κ1) is 17.5. The molecule has 118 valence electrons. The fourth-order valence-corrected chi connectivity index (χ4v) is 3.26. The molecule has 0 fully saturated rings. The minimum absolute atomic E-state index is 0.516. The van der Waals surface area contributed by atoms with Crippen LogP contribution in [0.5, 0.6) is 0 Å². The summed E-state index contributed by atoms with van der Waals surface area (Å²) < 4.78 is 99.2. The third-order valence-corrected chi connectivity index (χ3v) is 4.26. The van der Waals surface area contributed by atoms with Gasteiger partial charge in [0.15, 0.2) is 4.91 Å². The Morgan fingerprint density at radius 2 is 1.24 bits per heavy atom. The van der Waals surface area contributed by atoms with Crippen molar-refractivity contribution in [2.24, 2.45) is 0 Å². The second-order valence-electron chi connectivity index (χ2n) is 3.76. The Balaban J connectivity index is 3.96. The topological polar surface area (TPSA) is 143 Å². The molecule has 21 heavy (non-hydrogen) atoms. The van der Waals surface area contributed by atoms with Crippen molar-refractivity contribution in [2.75, 3.05) is 0 Å². The van der Waals surface area contributed by atoms with E-state index >= 15 is 0 Å². The Hall–Kier alpha value is -1.57. The van der Waals surface area contributed by atoms with Crippen LogP contribution in [0.3, 0.4) is 0 Å². The number of rotatable bonds is 2. The summed E-state index contributed by atoms with van der Waals surface area (Å²) in [6, 6.07) is 0. The third-order valence-electron chi connectivity index (χ3n) is 2.35. The second kappa shape index (κ2) is 4.72. The van der Waals surface area contributed by atoms with E-state index in [9.17, 15) is 39.6 Å². The predicted octanol–water partition coefficient (Wildman–Crippen LogP) is 0.00420. The molecule has 0 unspecified atom stereocenters. The monoisotopic (exact) mass is 350 g/mol. The van der Waals surface area contributed by atoms with Crippen molar-refractivity contribution >= 4 is 31.8 Å². The summed E-state index contributed by atoms with van der Waals surface area (Å²) in [4.78, 5) is 18.9. The van der Waals surface area contributed by atoms with E-state index in [1.165, 1.54) is 0 Å². The maximum atomic E-state index is 12.7. The Bertz CT molecular complexity index is 810. The van der Waals surface area contributed by atoms with E-state index in [-0.39, 0.29) is 0 Å². The molecule has 1 aliphatic rings. The fourth-order valence-electron chi connectivity index (χ4n) is 1.59. The first-order valence-electron chi connectivity index (χ1n) is 4.67. The maximum absolute atomic E-state index is 12.7. The lowest BCUT2D eigenvalue weighted by atomic mass is 9.97. The lowest BCUT2D eigenvalue weighted by Gasteiger charge is -2.20. The normalized spacial score (nSPS) is 18.6. The van der Waals surface area contributed by atoms with Crippen LogP contribution in [0.15, 0.2) is 21.0 Å². The molecule has 1 aliphatic carbocycles.